The Balaban J connectivity index is -0.000000787. The van der Waals surface area contributed by atoms with E-state index in [1.165, 1.54) is 44.9 Å². The molecule has 0 bridgehead atoms. The van der Waals surface area contributed by atoms with Gasteiger partial charge in [-0.05, 0) is 20.4 Å². The minimum Gasteiger partial charge on any atom is -0.550 e. The van der Waals surface area contributed by atoms with Gasteiger partial charge in [0, 0.05) is 12.4 Å². The maximum Gasteiger partial charge on any atom is 1.00 e. The van der Waals surface area contributed by atoms with Crippen LogP contribution in [-0.4, -0.2) is 31.5 Å². The molecule has 0 radical (unpaired) electrons. The van der Waals surface area contributed by atoms with Crippen molar-refractivity contribution < 1.29 is 53.8 Å². The second-order valence-corrected chi connectivity index (χ2v) is 5.45. The molecule has 6 nitrogen and oxygen atoms in total. The van der Waals surface area contributed by atoms with E-state index >= 15 is 0 Å². The van der Waals surface area contributed by atoms with Crippen molar-refractivity contribution in [2.45, 2.75) is 78.1 Å². The Hall–Kier alpha value is -0.430. The minimum atomic E-state index is -1.08. The van der Waals surface area contributed by atoms with Gasteiger partial charge in [-0.15, -0.1) is 0 Å². The zero-order valence-electron chi connectivity index (χ0n) is 15.8. The monoisotopic (exact) mass is 353 g/mol. The van der Waals surface area contributed by atoms with Crippen LogP contribution in [0.1, 0.15) is 78.1 Å². The Labute approximate surface area is 168 Å². The van der Waals surface area contributed by atoms with E-state index in [1.54, 1.807) is 7.05 Å². The van der Waals surface area contributed by atoms with E-state index in [9.17, 15) is 9.59 Å². The number of hydrogen-bond donors (Lipinski definition) is 1. The number of carboxylic acids is 1. The Morgan fingerprint density at radius 1 is 0.875 bits per heavy atom. The van der Waals surface area contributed by atoms with Crippen molar-refractivity contribution in [1.82, 2.24) is 5.32 Å². The maximum atomic E-state index is 11.3. The normalized spacial score (nSPS) is 9.29. The third-order valence-electron chi connectivity index (χ3n) is 3.03. The average Bonchev–Trinajstić information content (AvgIpc) is 2.45. The van der Waals surface area contributed by atoms with Gasteiger partial charge >= 0.3 is 41.5 Å². The zero-order valence-corrected chi connectivity index (χ0v) is 17.8. The Morgan fingerprint density at radius 2 is 1.29 bits per heavy atom. The number of ether oxygens (including phenoxy) is 1. The fourth-order valence-electron chi connectivity index (χ4n) is 1.94. The van der Waals surface area contributed by atoms with Crippen LogP contribution >= 0.6 is 0 Å². The minimum absolute atomic E-state index is 0. The predicted octanol–water partition coefficient (Wildman–Crippen LogP) is -1.04. The number of likely N-dealkylation sites (N-methyl/N-ethyl adjacent to an activating group) is 1. The molecule has 0 aliphatic carbocycles. The molecule has 0 aromatic carbocycles. The number of aliphatic carboxylic acids is 1. The molecular weight excluding hydrogens is 321 g/mol. The van der Waals surface area contributed by atoms with Crippen molar-refractivity contribution in [3.63, 3.8) is 0 Å². The average molecular weight is 353 g/mol. The van der Waals surface area contributed by atoms with Crippen LogP contribution in [0.3, 0.4) is 0 Å². The van der Waals surface area contributed by atoms with Crippen LogP contribution in [0, 0.1) is 0 Å². The molecule has 0 saturated carbocycles. The summed E-state index contributed by atoms with van der Waals surface area (Å²) in [5.41, 5.74) is 0. The number of rotatable bonds is 12. The smallest absolute Gasteiger partial charge is 0.550 e. The van der Waals surface area contributed by atoms with Crippen LogP contribution in [0.4, 0.5) is 0 Å². The van der Waals surface area contributed by atoms with Gasteiger partial charge < -0.3 is 20.0 Å². The van der Waals surface area contributed by atoms with Crippen LogP contribution in [-0.2, 0) is 19.1 Å². The summed E-state index contributed by atoms with van der Waals surface area (Å²) in [5.74, 6) is -1.98. The van der Waals surface area contributed by atoms with Gasteiger partial charge in [0.05, 0.1) is 6.54 Å². The Bertz CT molecular complexity index is 320. The topological polar surface area (TPSA) is 95.5 Å². The van der Waals surface area contributed by atoms with Gasteiger partial charge in [-0.1, -0.05) is 58.3 Å². The van der Waals surface area contributed by atoms with Gasteiger partial charge in [-0.25, -0.2) is 0 Å². The molecule has 0 unspecified atom stereocenters. The fraction of sp³-hybridized carbons (Fsp3) is 0.824. The molecule has 0 saturated heterocycles. The van der Waals surface area contributed by atoms with Crippen LogP contribution in [0.2, 0.25) is 0 Å². The van der Waals surface area contributed by atoms with E-state index in [-0.39, 0.29) is 36.1 Å². The molecule has 7 heteroatoms. The largest absolute Gasteiger partial charge is 1.00 e. The van der Waals surface area contributed by atoms with Crippen molar-refractivity contribution in [1.29, 1.82) is 0 Å². The first kappa shape index (κ1) is 28.4. The molecule has 0 fully saturated rings. The number of carbonyl (C=O) groups excluding carboxylic acids is 3. The molecule has 0 rings (SSSR count). The Kier molecular flexibility index (Phi) is 26.7. The molecule has 0 aliphatic rings. The summed E-state index contributed by atoms with van der Waals surface area (Å²) in [5, 5.41) is 11.5. The summed E-state index contributed by atoms with van der Waals surface area (Å²) in [6.45, 7) is 3.28. The standard InChI is InChI=1S/C15H29NO3.C2H4O2.Na/c1-3-4-5-6-7-8-9-10-11-12-14(17)19-15(18)13-16-2;1-2(3)4;/h16H,3-13H2,1-2H3;1H3,(H,3,4);/q;;+1/p-1. The summed E-state index contributed by atoms with van der Waals surface area (Å²) >= 11 is 0. The molecule has 24 heavy (non-hydrogen) atoms. The second kappa shape index (κ2) is 22.6. The van der Waals surface area contributed by atoms with Gasteiger partial charge in [0.2, 0.25) is 0 Å². The fourth-order valence-corrected chi connectivity index (χ4v) is 1.94. The molecule has 0 amide bonds. The second-order valence-electron chi connectivity index (χ2n) is 5.45. The third kappa shape index (κ3) is 29.6. The van der Waals surface area contributed by atoms with E-state index in [0.29, 0.717) is 6.42 Å². The number of esters is 2. The molecule has 0 heterocycles. The predicted molar refractivity (Wildman–Crippen MR) is 87.6 cm³/mol. The maximum absolute atomic E-state index is 11.3. The van der Waals surface area contributed by atoms with Gasteiger partial charge in [-0.2, -0.15) is 0 Å². The van der Waals surface area contributed by atoms with E-state index in [2.05, 4.69) is 17.0 Å². The summed E-state index contributed by atoms with van der Waals surface area (Å²) < 4.78 is 4.62. The molecule has 0 spiro atoms. The third-order valence-corrected chi connectivity index (χ3v) is 3.03. The first-order valence-electron chi connectivity index (χ1n) is 8.49. The number of carboxylic acid groups (broad SMARTS) is 1. The van der Waals surface area contributed by atoms with Gasteiger partial charge in [0.1, 0.15) is 0 Å². The van der Waals surface area contributed by atoms with Crippen molar-refractivity contribution in [2.75, 3.05) is 13.6 Å². The Morgan fingerprint density at radius 3 is 1.71 bits per heavy atom. The molecule has 1 N–H and O–H groups in total. The summed E-state index contributed by atoms with van der Waals surface area (Å²) in [6.07, 6.45) is 11.2. The van der Waals surface area contributed by atoms with Gasteiger partial charge in [0.25, 0.3) is 0 Å². The van der Waals surface area contributed by atoms with Crippen LogP contribution in [0.25, 0.3) is 0 Å². The molecule has 0 aromatic rings. The molecule has 136 valence electrons. The number of unbranched alkanes of at least 4 members (excludes halogenated alkanes) is 8. The SMILES string of the molecule is CC(=O)[O-].CCCCCCCCCCCC(=O)OC(=O)CNC.[Na+]. The molecular formula is C17H32NNaO5. The van der Waals surface area contributed by atoms with Crippen molar-refractivity contribution in [3.8, 4) is 0 Å². The van der Waals surface area contributed by atoms with Gasteiger partial charge in [-0.3, -0.25) is 9.59 Å². The van der Waals surface area contributed by atoms with Crippen LogP contribution in [0.15, 0.2) is 0 Å². The zero-order chi connectivity index (χ0) is 17.9. The summed E-state index contributed by atoms with van der Waals surface area (Å²) in [6, 6.07) is 0. The first-order valence-corrected chi connectivity index (χ1v) is 8.49. The molecule has 0 atom stereocenters. The number of nitrogens with one attached hydrogen (secondary N) is 1. The van der Waals surface area contributed by atoms with Gasteiger partial charge in [0.15, 0.2) is 0 Å². The van der Waals surface area contributed by atoms with Crippen molar-refractivity contribution >= 4 is 17.9 Å². The summed E-state index contributed by atoms with van der Waals surface area (Å²) in [7, 11) is 1.65. The van der Waals surface area contributed by atoms with E-state index < -0.39 is 17.9 Å². The van der Waals surface area contributed by atoms with Crippen LogP contribution < -0.4 is 40.0 Å². The quantitative estimate of drug-likeness (QED) is 0.208. The number of hydrogen-bond acceptors (Lipinski definition) is 6. The van der Waals surface area contributed by atoms with E-state index in [1.807, 2.05) is 0 Å². The van der Waals surface area contributed by atoms with Crippen molar-refractivity contribution in [3.05, 3.63) is 0 Å². The molecule has 0 aliphatic heterocycles. The first-order chi connectivity index (χ1) is 10.9. The van der Waals surface area contributed by atoms with E-state index in [4.69, 9.17) is 9.90 Å². The van der Waals surface area contributed by atoms with Crippen LogP contribution in [0.5, 0.6) is 0 Å². The summed E-state index contributed by atoms with van der Waals surface area (Å²) in [4.78, 5) is 31.2. The van der Waals surface area contributed by atoms with E-state index in [0.717, 1.165) is 19.8 Å². The van der Waals surface area contributed by atoms with Crippen molar-refractivity contribution in [2.24, 2.45) is 0 Å². The molecule has 0 aromatic heterocycles. The number of carbonyl (C=O) groups is 3.